The number of aliphatic hydroxyl groups excluding tert-OH is 1. The van der Waals surface area contributed by atoms with Gasteiger partial charge in [0.15, 0.2) is 0 Å². The fraction of sp³-hybridized carbons (Fsp3) is 0.111. The Bertz CT molecular complexity index is 440. The van der Waals surface area contributed by atoms with E-state index in [0.717, 1.165) is 6.20 Å². The van der Waals surface area contributed by atoms with Crippen molar-refractivity contribution in [1.29, 1.82) is 0 Å². The SMILES string of the molecule is OC(c1cn[nH]c1)c1c(F)cncc1Br. The molecule has 78 valence electrons. The van der Waals surface area contributed by atoms with Crippen molar-refractivity contribution < 1.29 is 9.50 Å². The normalized spacial score (nSPS) is 12.7. The van der Waals surface area contributed by atoms with Crippen molar-refractivity contribution in [3.05, 3.63) is 46.2 Å². The van der Waals surface area contributed by atoms with Gasteiger partial charge in [0.2, 0.25) is 0 Å². The molecule has 0 aliphatic heterocycles. The van der Waals surface area contributed by atoms with E-state index >= 15 is 0 Å². The number of nitrogens with zero attached hydrogens (tertiary/aromatic N) is 2. The van der Waals surface area contributed by atoms with E-state index in [2.05, 4.69) is 31.1 Å². The zero-order valence-corrected chi connectivity index (χ0v) is 9.07. The molecule has 2 aromatic rings. The Morgan fingerprint density at radius 2 is 2.20 bits per heavy atom. The second-order valence-corrected chi connectivity index (χ2v) is 3.81. The lowest BCUT2D eigenvalue weighted by Crippen LogP contribution is -2.03. The molecule has 1 atom stereocenters. The lowest BCUT2D eigenvalue weighted by Gasteiger charge is -2.11. The summed E-state index contributed by atoms with van der Waals surface area (Å²) in [4.78, 5) is 3.65. The number of pyridine rings is 1. The summed E-state index contributed by atoms with van der Waals surface area (Å²) in [6.45, 7) is 0. The van der Waals surface area contributed by atoms with E-state index in [0.29, 0.717) is 10.0 Å². The quantitative estimate of drug-likeness (QED) is 0.876. The maximum Gasteiger partial charge on any atom is 0.148 e. The fourth-order valence-corrected chi connectivity index (χ4v) is 1.78. The van der Waals surface area contributed by atoms with Crippen LogP contribution >= 0.6 is 15.9 Å². The van der Waals surface area contributed by atoms with Crippen molar-refractivity contribution >= 4 is 15.9 Å². The van der Waals surface area contributed by atoms with E-state index in [-0.39, 0.29) is 5.56 Å². The number of aromatic amines is 1. The number of aliphatic hydroxyl groups is 1. The molecule has 0 spiro atoms. The van der Waals surface area contributed by atoms with E-state index in [9.17, 15) is 9.50 Å². The predicted molar refractivity (Wildman–Crippen MR) is 54.5 cm³/mol. The standard InChI is InChI=1S/C9H7BrFN3O/c10-6-3-12-4-7(11)8(6)9(15)5-1-13-14-2-5/h1-4,9,15H,(H,13,14). The third-order valence-corrected chi connectivity index (χ3v) is 2.63. The van der Waals surface area contributed by atoms with Crippen LogP contribution in [0.25, 0.3) is 0 Å². The van der Waals surface area contributed by atoms with Crippen LogP contribution < -0.4 is 0 Å². The number of H-pyrrole nitrogens is 1. The van der Waals surface area contributed by atoms with Crippen molar-refractivity contribution in [3.63, 3.8) is 0 Å². The van der Waals surface area contributed by atoms with E-state index in [4.69, 9.17) is 0 Å². The summed E-state index contributed by atoms with van der Waals surface area (Å²) in [5, 5.41) is 16.1. The minimum Gasteiger partial charge on any atom is -0.383 e. The number of nitrogens with one attached hydrogen (secondary N) is 1. The highest BCUT2D eigenvalue weighted by Gasteiger charge is 2.19. The van der Waals surface area contributed by atoms with Gasteiger partial charge >= 0.3 is 0 Å². The Balaban J connectivity index is 2.46. The average molecular weight is 272 g/mol. The van der Waals surface area contributed by atoms with Gasteiger partial charge in [0.25, 0.3) is 0 Å². The van der Waals surface area contributed by atoms with Crippen LogP contribution in [0.2, 0.25) is 0 Å². The Morgan fingerprint density at radius 3 is 2.80 bits per heavy atom. The Morgan fingerprint density at radius 1 is 1.40 bits per heavy atom. The third-order valence-electron chi connectivity index (χ3n) is 2.00. The molecule has 4 nitrogen and oxygen atoms in total. The van der Waals surface area contributed by atoms with Crippen molar-refractivity contribution in [1.82, 2.24) is 15.2 Å². The molecule has 6 heteroatoms. The zero-order chi connectivity index (χ0) is 10.8. The number of aromatic nitrogens is 3. The first kappa shape index (κ1) is 10.3. The minimum absolute atomic E-state index is 0.159. The minimum atomic E-state index is -1.05. The van der Waals surface area contributed by atoms with Crippen molar-refractivity contribution in [3.8, 4) is 0 Å². The molecular weight excluding hydrogens is 265 g/mol. The van der Waals surface area contributed by atoms with Gasteiger partial charge in [-0.3, -0.25) is 10.1 Å². The topological polar surface area (TPSA) is 61.8 Å². The number of halogens is 2. The second-order valence-electron chi connectivity index (χ2n) is 2.95. The molecule has 0 aliphatic rings. The van der Waals surface area contributed by atoms with Gasteiger partial charge in [-0.2, -0.15) is 5.10 Å². The Hall–Kier alpha value is -1.27. The van der Waals surface area contributed by atoms with Crippen LogP contribution in [-0.4, -0.2) is 20.3 Å². The highest BCUT2D eigenvalue weighted by atomic mass is 79.9. The number of hydrogen-bond donors (Lipinski definition) is 2. The Kier molecular flexibility index (Phi) is 2.79. The summed E-state index contributed by atoms with van der Waals surface area (Å²) >= 11 is 3.14. The molecule has 2 aromatic heterocycles. The van der Waals surface area contributed by atoms with Crippen LogP contribution in [0.1, 0.15) is 17.2 Å². The molecule has 2 rings (SSSR count). The molecule has 0 saturated heterocycles. The lowest BCUT2D eigenvalue weighted by atomic mass is 10.1. The van der Waals surface area contributed by atoms with Gasteiger partial charge in [0, 0.05) is 28.0 Å². The zero-order valence-electron chi connectivity index (χ0n) is 7.48. The van der Waals surface area contributed by atoms with Gasteiger partial charge in [-0.15, -0.1) is 0 Å². The van der Waals surface area contributed by atoms with Crippen LogP contribution in [-0.2, 0) is 0 Å². The molecule has 0 aliphatic carbocycles. The van der Waals surface area contributed by atoms with Gasteiger partial charge in [-0.05, 0) is 15.9 Å². The van der Waals surface area contributed by atoms with E-state index in [1.165, 1.54) is 18.6 Å². The third kappa shape index (κ3) is 1.91. The molecule has 1 unspecified atom stereocenters. The monoisotopic (exact) mass is 271 g/mol. The maximum absolute atomic E-state index is 13.4. The highest BCUT2D eigenvalue weighted by Crippen LogP contribution is 2.29. The summed E-state index contributed by atoms with van der Waals surface area (Å²) < 4.78 is 13.8. The molecule has 0 amide bonds. The fourth-order valence-electron chi connectivity index (χ4n) is 1.26. The first-order chi connectivity index (χ1) is 7.20. The molecule has 0 aromatic carbocycles. The van der Waals surface area contributed by atoms with Gasteiger partial charge in [-0.1, -0.05) is 0 Å². The molecule has 2 heterocycles. The van der Waals surface area contributed by atoms with Gasteiger partial charge in [0.05, 0.1) is 12.4 Å². The van der Waals surface area contributed by atoms with Gasteiger partial charge < -0.3 is 5.11 Å². The summed E-state index contributed by atoms with van der Waals surface area (Å²) in [6, 6.07) is 0. The van der Waals surface area contributed by atoms with Crippen LogP contribution in [0, 0.1) is 5.82 Å². The summed E-state index contributed by atoms with van der Waals surface area (Å²) in [5.41, 5.74) is 0.659. The van der Waals surface area contributed by atoms with Crippen LogP contribution in [0.4, 0.5) is 4.39 Å². The molecule has 0 saturated carbocycles. The predicted octanol–water partition coefficient (Wildman–Crippen LogP) is 1.79. The van der Waals surface area contributed by atoms with Crippen molar-refractivity contribution in [2.24, 2.45) is 0 Å². The van der Waals surface area contributed by atoms with Gasteiger partial charge in [0.1, 0.15) is 11.9 Å². The van der Waals surface area contributed by atoms with Crippen LogP contribution in [0.3, 0.4) is 0 Å². The summed E-state index contributed by atoms with van der Waals surface area (Å²) in [7, 11) is 0. The second kappa shape index (κ2) is 4.08. The molecule has 0 radical (unpaired) electrons. The summed E-state index contributed by atoms with van der Waals surface area (Å²) in [5.74, 6) is -0.557. The summed E-state index contributed by atoms with van der Waals surface area (Å²) in [6.07, 6.45) is 4.39. The Labute approximate surface area is 93.3 Å². The molecule has 0 bridgehead atoms. The van der Waals surface area contributed by atoms with Gasteiger partial charge in [-0.25, -0.2) is 4.39 Å². The van der Waals surface area contributed by atoms with E-state index < -0.39 is 11.9 Å². The first-order valence-corrected chi connectivity index (χ1v) is 4.95. The first-order valence-electron chi connectivity index (χ1n) is 4.16. The number of rotatable bonds is 2. The lowest BCUT2D eigenvalue weighted by molar-refractivity contribution is 0.214. The van der Waals surface area contributed by atoms with Crippen LogP contribution in [0.5, 0.6) is 0 Å². The molecule has 2 N–H and O–H groups in total. The molecule has 0 fully saturated rings. The molecule has 15 heavy (non-hydrogen) atoms. The largest absolute Gasteiger partial charge is 0.383 e. The van der Waals surface area contributed by atoms with Crippen molar-refractivity contribution in [2.75, 3.05) is 0 Å². The van der Waals surface area contributed by atoms with E-state index in [1.54, 1.807) is 0 Å². The molecular formula is C9H7BrFN3O. The van der Waals surface area contributed by atoms with Crippen LogP contribution in [0.15, 0.2) is 29.3 Å². The highest BCUT2D eigenvalue weighted by molar-refractivity contribution is 9.10. The average Bonchev–Trinajstić information content (AvgIpc) is 2.69. The van der Waals surface area contributed by atoms with Crippen molar-refractivity contribution in [2.45, 2.75) is 6.10 Å². The number of hydrogen-bond acceptors (Lipinski definition) is 3. The smallest absolute Gasteiger partial charge is 0.148 e. The van der Waals surface area contributed by atoms with E-state index in [1.807, 2.05) is 0 Å². The maximum atomic E-state index is 13.4.